The van der Waals surface area contributed by atoms with E-state index in [0.717, 1.165) is 24.9 Å². The van der Waals surface area contributed by atoms with Gasteiger partial charge in [0.05, 0.1) is 18.1 Å². The zero-order valence-electron chi connectivity index (χ0n) is 16.1. The highest BCUT2D eigenvalue weighted by Gasteiger charge is 2.46. The Bertz CT molecular complexity index is 784. The molecule has 0 radical (unpaired) electrons. The number of Topliss-reactive ketones (excluding diaryl/α,β-unsaturated/α-hetero) is 1. The highest BCUT2D eigenvalue weighted by Crippen LogP contribution is 2.43. The highest BCUT2D eigenvalue weighted by molar-refractivity contribution is 6.12. The number of ketones is 1. The molecule has 1 unspecified atom stereocenters. The summed E-state index contributed by atoms with van der Waals surface area (Å²) in [4.78, 5) is 41.4. The maximum absolute atomic E-state index is 13.1. The molecule has 1 aromatic carbocycles. The van der Waals surface area contributed by atoms with E-state index < -0.39 is 11.4 Å². The number of benzene rings is 1. The molecule has 1 atom stereocenters. The van der Waals surface area contributed by atoms with Crippen LogP contribution >= 0.6 is 0 Å². The van der Waals surface area contributed by atoms with Gasteiger partial charge in [-0.2, -0.15) is 0 Å². The molecular weight excluding hydrogens is 332 g/mol. The van der Waals surface area contributed by atoms with Gasteiger partial charge in [0.1, 0.15) is 0 Å². The Morgan fingerprint density at radius 1 is 1.27 bits per heavy atom. The summed E-state index contributed by atoms with van der Waals surface area (Å²) in [5.74, 6) is -0.775. The molecular formula is C20H26N2O4. The second-order valence-corrected chi connectivity index (χ2v) is 7.78. The Morgan fingerprint density at radius 2 is 1.96 bits per heavy atom. The van der Waals surface area contributed by atoms with Gasteiger partial charge in [-0.05, 0) is 64.9 Å². The van der Waals surface area contributed by atoms with Crippen LogP contribution in [0.15, 0.2) is 12.1 Å². The van der Waals surface area contributed by atoms with Gasteiger partial charge in [0.15, 0.2) is 5.78 Å². The molecule has 2 aliphatic rings. The van der Waals surface area contributed by atoms with Gasteiger partial charge in [0.25, 0.3) is 0 Å². The number of ether oxygens (including phenoxy) is 1. The Balaban J connectivity index is 2.11. The number of fused-ring (bicyclic) bond motifs is 1. The smallest absolute Gasteiger partial charge is 0.338 e. The highest BCUT2D eigenvalue weighted by atomic mass is 16.5. The second-order valence-electron chi connectivity index (χ2n) is 7.78. The van der Waals surface area contributed by atoms with Crippen molar-refractivity contribution >= 4 is 23.3 Å². The summed E-state index contributed by atoms with van der Waals surface area (Å²) < 4.78 is 4.85. The standard InChI is InChI=1S/C20H26N2O4/c1-12(23)14-9-16-17(10-15(14)18(24)26-5)22(19(25)20(16,2)3)11-13-7-6-8-21(13)4/h9-10,13H,6-8,11H2,1-5H3. The molecule has 26 heavy (non-hydrogen) atoms. The lowest BCUT2D eigenvalue weighted by Gasteiger charge is -2.27. The third-order valence-electron chi connectivity index (χ3n) is 5.73. The van der Waals surface area contributed by atoms with Crippen molar-refractivity contribution in [1.29, 1.82) is 0 Å². The maximum atomic E-state index is 13.1. The number of amides is 1. The number of carbonyl (C=O) groups excluding carboxylic acids is 3. The van der Waals surface area contributed by atoms with Gasteiger partial charge in [-0.15, -0.1) is 0 Å². The van der Waals surface area contributed by atoms with Gasteiger partial charge in [0, 0.05) is 23.8 Å². The van der Waals surface area contributed by atoms with E-state index in [9.17, 15) is 14.4 Å². The Morgan fingerprint density at radius 3 is 2.50 bits per heavy atom. The molecule has 0 N–H and O–H groups in total. The maximum Gasteiger partial charge on any atom is 0.338 e. The number of likely N-dealkylation sites (N-methyl/N-ethyl adjacent to an activating group) is 1. The zero-order valence-corrected chi connectivity index (χ0v) is 16.1. The molecule has 6 nitrogen and oxygen atoms in total. The third kappa shape index (κ3) is 2.82. The van der Waals surface area contributed by atoms with Crippen LogP contribution in [0.5, 0.6) is 0 Å². The molecule has 2 aliphatic heterocycles. The Hall–Kier alpha value is -2.21. The van der Waals surface area contributed by atoms with Crippen LogP contribution in [0.25, 0.3) is 0 Å². The van der Waals surface area contributed by atoms with Crippen molar-refractivity contribution in [3.63, 3.8) is 0 Å². The van der Waals surface area contributed by atoms with Crippen LogP contribution in [0.3, 0.4) is 0 Å². The monoisotopic (exact) mass is 358 g/mol. The number of carbonyl (C=O) groups is 3. The van der Waals surface area contributed by atoms with E-state index in [1.165, 1.54) is 14.0 Å². The van der Waals surface area contributed by atoms with Crippen LogP contribution in [-0.4, -0.2) is 55.8 Å². The quantitative estimate of drug-likeness (QED) is 0.611. The minimum absolute atomic E-state index is 0.00400. The fourth-order valence-electron chi connectivity index (χ4n) is 4.05. The van der Waals surface area contributed by atoms with Gasteiger partial charge >= 0.3 is 5.97 Å². The van der Waals surface area contributed by atoms with Crippen molar-refractivity contribution in [2.45, 2.75) is 45.1 Å². The fourth-order valence-corrected chi connectivity index (χ4v) is 4.05. The largest absolute Gasteiger partial charge is 0.465 e. The molecule has 0 spiro atoms. The summed E-state index contributed by atoms with van der Waals surface area (Å²) in [7, 11) is 3.36. The predicted molar refractivity (Wildman–Crippen MR) is 98.8 cm³/mol. The number of rotatable bonds is 4. The Labute approximate surface area is 154 Å². The van der Waals surface area contributed by atoms with Gasteiger partial charge in [-0.3, -0.25) is 9.59 Å². The first-order valence-electron chi connectivity index (χ1n) is 8.98. The van der Waals surface area contributed by atoms with Crippen LogP contribution in [0.2, 0.25) is 0 Å². The van der Waals surface area contributed by atoms with Crippen molar-refractivity contribution in [3.8, 4) is 0 Å². The molecule has 2 heterocycles. The Kier molecular flexibility index (Phi) is 4.65. The van der Waals surface area contributed by atoms with Crippen molar-refractivity contribution in [3.05, 3.63) is 28.8 Å². The van der Waals surface area contributed by atoms with E-state index in [0.29, 0.717) is 23.8 Å². The summed E-state index contributed by atoms with van der Waals surface area (Å²) in [6.45, 7) is 6.77. The van der Waals surface area contributed by atoms with E-state index in [4.69, 9.17) is 4.74 Å². The summed E-state index contributed by atoms with van der Waals surface area (Å²) >= 11 is 0. The molecule has 1 fully saturated rings. The van der Waals surface area contributed by atoms with Gasteiger partial charge in [0.2, 0.25) is 5.91 Å². The van der Waals surface area contributed by atoms with E-state index in [1.54, 1.807) is 17.0 Å². The van der Waals surface area contributed by atoms with Crippen molar-refractivity contribution < 1.29 is 19.1 Å². The van der Waals surface area contributed by atoms with Gasteiger partial charge < -0.3 is 14.5 Å². The van der Waals surface area contributed by atoms with E-state index in [2.05, 4.69) is 11.9 Å². The number of methoxy groups -OCH3 is 1. The summed E-state index contributed by atoms with van der Waals surface area (Å²) in [6, 6.07) is 3.65. The number of anilines is 1. The number of hydrogen-bond donors (Lipinski definition) is 0. The fraction of sp³-hybridized carbons (Fsp3) is 0.550. The second kappa shape index (κ2) is 6.50. The molecule has 0 aromatic heterocycles. The molecule has 6 heteroatoms. The average Bonchev–Trinajstić information content (AvgIpc) is 3.08. The summed E-state index contributed by atoms with van der Waals surface area (Å²) in [5, 5.41) is 0. The lowest BCUT2D eigenvalue weighted by molar-refractivity contribution is -0.122. The van der Waals surface area contributed by atoms with Crippen LogP contribution in [0.4, 0.5) is 5.69 Å². The zero-order chi connectivity index (χ0) is 19.2. The van der Waals surface area contributed by atoms with Gasteiger partial charge in [-0.25, -0.2) is 4.79 Å². The molecule has 0 aliphatic carbocycles. The van der Waals surface area contributed by atoms with E-state index in [1.807, 2.05) is 13.8 Å². The predicted octanol–water partition coefficient (Wildman–Crippen LogP) is 2.39. The minimum atomic E-state index is -0.731. The van der Waals surface area contributed by atoms with Crippen molar-refractivity contribution in [2.24, 2.45) is 0 Å². The normalized spacial score (nSPS) is 21.8. The van der Waals surface area contributed by atoms with Crippen LogP contribution < -0.4 is 4.90 Å². The summed E-state index contributed by atoms with van der Waals surface area (Å²) in [5.41, 5.74) is 1.29. The van der Waals surface area contributed by atoms with Crippen molar-refractivity contribution in [2.75, 3.05) is 32.1 Å². The first-order valence-corrected chi connectivity index (χ1v) is 8.98. The molecule has 3 rings (SSSR count). The molecule has 1 aromatic rings. The summed E-state index contributed by atoms with van der Waals surface area (Å²) in [6.07, 6.45) is 2.17. The van der Waals surface area contributed by atoms with Crippen LogP contribution in [-0.2, 0) is 14.9 Å². The van der Waals surface area contributed by atoms with E-state index in [-0.39, 0.29) is 17.3 Å². The molecule has 0 saturated carbocycles. The van der Waals surface area contributed by atoms with Crippen LogP contribution in [0.1, 0.15) is 59.9 Å². The first-order chi connectivity index (χ1) is 12.2. The number of hydrogen-bond acceptors (Lipinski definition) is 5. The lowest BCUT2D eigenvalue weighted by Crippen LogP contribution is -2.43. The van der Waals surface area contributed by atoms with Crippen molar-refractivity contribution in [1.82, 2.24) is 4.90 Å². The number of likely N-dealkylation sites (tertiary alicyclic amines) is 1. The van der Waals surface area contributed by atoms with Crippen LogP contribution in [0, 0.1) is 0 Å². The number of nitrogens with zero attached hydrogens (tertiary/aromatic N) is 2. The number of esters is 1. The molecule has 1 saturated heterocycles. The SMILES string of the molecule is COC(=O)c1cc2c(cc1C(C)=O)C(C)(C)C(=O)N2CC1CCCN1C. The lowest BCUT2D eigenvalue weighted by atomic mass is 9.84. The third-order valence-corrected chi connectivity index (χ3v) is 5.73. The first kappa shape index (κ1) is 18.6. The molecule has 140 valence electrons. The molecule has 0 bridgehead atoms. The molecule has 1 amide bonds. The topological polar surface area (TPSA) is 66.9 Å². The minimum Gasteiger partial charge on any atom is -0.465 e. The average molecular weight is 358 g/mol. The van der Waals surface area contributed by atoms with E-state index >= 15 is 0 Å². The van der Waals surface area contributed by atoms with Gasteiger partial charge in [-0.1, -0.05) is 0 Å².